The number of hydrogen-bond donors (Lipinski definition) is 0. The van der Waals surface area contributed by atoms with Gasteiger partial charge in [0, 0.05) is 6.42 Å². The van der Waals surface area contributed by atoms with Crippen molar-refractivity contribution in [2.75, 3.05) is 0 Å². The number of benzene rings is 1. The van der Waals surface area contributed by atoms with E-state index in [0.29, 0.717) is 0 Å². The molecule has 0 spiro atoms. The summed E-state index contributed by atoms with van der Waals surface area (Å²) in [7, 11) is 0. The van der Waals surface area contributed by atoms with Crippen molar-refractivity contribution < 1.29 is 4.74 Å². The lowest BCUT2D eigenvalue weighted by Crippen LogP contribution is -2.42. The second kappa shape index (κ2) is 3.21. The summed E-state index contributed by atoms with van der Waals surface area (Å²) in [4.78, 5) is 0. The third-order valence-corrected chi connectivity index (χ3v) is 3.05. The minimum absolute atomic E-state index is 0.114. The van der Waals surface area contributed by atoms with Gasteiger partial charge in [0.05, 0.1) is 5.60 Å². The van der Waals surface area contributed by atoms with Gasteiger partial charge in [-0.25, -0.2) is 0 Å². The Bertz CT molecular complexity index is 392. The average molecular weight is 202 g/mol. The van der Waals surface area contributed by atoms with Crippen LogP contribution in [0.2, 0.25) is 0 Å². The Hall–Kier alpha value is -1.08. The van der Waals surface area contributed by atoms with Gasteiger partial charge < -0.3 is 4.74 Å². The largest absolute Gasteiger partial charge is 0.360 e. The van der Waals surface area contributed by atoms with Gasteiger partial charge in [0.1, 0.15) is 5.60 Å². The molecule has 1 aromatic rings. The van der Waals surface area contributed by atoms with Crippen molar-refractivity contribution in [3.8, 4) is 0 Å². The highest BCUT2D eigenvalue weighted by atomic mass is 16.5. The van der Waals surface area contributed by atoms with Gasteiger partial charge in [-0.2, -0.15) is 0 Å². The molecule has 1 aliphatic heterocycles. The fourth-order valence-electron chi connectivity index (χ4n) is 2.43. The Labute approximate surface area is 91.8 Å². The van der Waals surface area contributed by atoms with E-state index in [-0.39, 0.29) is 11.2 Å². The highest BCUT2D eigenvalue weighted by molar-refractivity contribution is 5.38. The van der Waals surface area contributed by atoms with Crippen LogP contribution in [0.25, 0.3) is 0 Å². The van der Waals surface area contributed by atoms with Gasteiger partial charge in [-0.1, -0.05) is 36.9 Å². The summed E-state index contributed by atoms with van der Waals surface area (Å²) in [6, 6.07) is 8.46. The minimum atomic E-state index is -0.349. The maximum absolute atomic E-state index is 6.12. The first-order chi connectivity index (χ1) is 6.97. The fourth-order valence-corrected chi connectivity index (χ4v) is 2.43. The van der Waals surface area contributed by atoms with Crippen LogP contribution in [0.4, 0.5) is 0 Å². The first-order valence-corrected chi connectivity index (χ1v) is 5.39. The van der Waals surface area contributed by atoms with Crippen molar-refractivity contribution in [1.29, 1.82) is 0 Å². The van der Waals surface area contributed by atoms with Crippen LogP contribution in [-0.2, 0) is 16.8 Å². The van der Waals surface area contributed by atoms with E-state index in [2.05, 4.69) is 51.6 Å². The third kappa shape index (κ3) is 1.72. The average Bonchev–Trinajstić information content (AvgIpc) is 2.16. The zero-order valence-electron chi connectivity index (χ0n) is 9.71. The van der Waals surface area contributed by atoms with Crippen LogP contribution in [0.15, 0.2) is 36.9 Å². The van der Waals surface area contributed by atoms with E-state index in [1.54, 1.807) is 0 Å². The zero-order chi connectivity index (χ0) is 11.1. The molecule has 1 heterocycles. The first kappa shape index (κ1) is 10.4. The van der Waals surface area contributed by atoms with Gasteiger partial charge in [0.2, 0.25) is 0 Å². The van der Waals surface area contributed by atoms with E-state index in [9.17, 15) is 0 Å². The van der Waals surface area contributed by atoms with Gasteiger partial charge in [0.15, 0.2) is 0 Å². The monoisotopic (exact) mass is 202 g/mol. The van der Waals surface area contributed by atoms with Crippen molar-refractivity contribution in [2.45, 2.75) is 38.4 Å². The molecule has 2 rings (SSSR count). The van der Waals surface area contributed by atoms with Crippen LogP contribution in [0.3, 0.4) is 0 Å². The molecule has 0 radical (unpaired) electrons. The molecule has 15 heavy (non-hydrogen) atoms. The summed E-state index contributed by atoms with van der Waals surface area (Å²) in [5.41, 5.74) is 2.16. The third-order valence-electron chi connectivity index (χ3n) is 3.05. The predicted molar refractivity (Wildman–Crippen MR) is 62.9 cm³/mol. The molecule has 0 aromatic heterocycles. The topological polar surface area (TPSA) is 9.23 Å². The molecule has 80 valence electrons. The lowest BCUT2D eigenvalue weighted by molar-refractivity contribution is -0.121. The number of ether oxygens (including phenoxy) is 1. The van der Waals surface area contributed by atoms with Crippen LogP contribution in [-0.4, -0.2) is 5.60 Å². The lowest BCUT2D eigenvalue weighted by atomic mass is 9.82. The fraction of sp³-hybridized carbons (Fsp3) is 0.429. The second-order valence-corrected chi connectivity index (χ2v) is 5.01. The van der Waals surface area contributed by atoms with E-state index in [1.165, 1.54) is 11.1 Å². The molecular weight excluding hydrogens is 184 g/mol. The van der Waals surface area contributed by atoms with Gasteiger partial charge in [0.25, 0.3) is 0 Å². The Morgan fingerprint density at radius 1 is 1.27 bits per heavy atom. The van der Waals surface area contributed by atoms with Crippen LogP contribution in [0.5, 0.6) is 0 Å². The molecule has 0 saturated heterocycles. The zero-order valence-corrected chi connectivity index (χ0v) is 9.71. The lowest BCUT2D eigenvalue weighted by Gasteiger charge is -2.43. The summed E-state index contributed by atoms with van der Waals surface area (Å²) < 4.78 is 6.12. The molecule has 1 aromatic carbocycles. The summed E-state index contributed by atoms with van der Waals surface area (Å²) in [5, 5.41) is 0. The molecule has 0 aliphatic carbocycles. The highest BCUT2D eigenvalue weighted by Crippen LogP contribution is 2.40. The molecule has 0 saturated carbocycles. The minimum Gasteiger partial charge on any atom is -0.360 e. The standard InChI is InChI=1S/C14H18O/c1-5-14(4)12-9-7-6-8-11(12)10-13(2,3)15-14/h5-9H,1,10H2,2-4H3. The number of rotatable bonds is 1. The van der Waals surface area contributed by atoms with Crippen molar-refractivity contribution in [3.63, 3.8) is 0 Å². The van der Waals surface area contributed by atoms with E-state index < -0.39 is 0 Å². The van der Waals surface area contributed by atoms with Gasteiger partial charge in [-0.15, -0.1) is 0 Å². The normalized spacial score (nSPS) is 28.2. The molecule has 1 unspecified atom stereocenters. The second-order valence-electron chi connectivity index (χ2n) is 5.01. The number of hydrogen-bond acceptors (Lipinski definition) is 1. The van der Waals surface area contributed by atoms with E-state index >= 15 is 0 Å². The van der Waals surface area contributed by atoms with Crippen molar-refractivity contribution in [1.82, 2.24) is 0 Å². The predicted octanol–water partition coefficient (Wildman–Crippen LogP) is 3.44. The van der Waals surface area contributed by atoms with Crippen LogP contribution < -0.4 is 0 Å². The smallest absolute Gasteiger partial charge is 0.109 e. The molecular formula is C14H18O. The SMILES string of the molecule is C=CC1(C)OC(C)(C)Cc2ccccc21. The Balaban J connectivity index is 2.57. The number of fused-ring (bicyclic) bond motifs is 1. The molecule has 1 nitrogen and oxygen atoms in total. The van der Waals surface area contributed by atoms with Gasteiger partial charge >= 0.3 is 0 Å². The molecule has 0 fully saturated rings. The van der Waals surface area contributed by atoms with Gasteiger partial charge in [-0.05, 0) is 31.9 Å². The molecule has 1 atom stereocenters. The maximum atomic E-state index is 6.12. The summed E-state index contributed by atoms with van der Waals surface area (Å²) in [6.45, 7) is 10.2. The molecule has 1 heteroatoms. The quantitative estimate of drug-likeness (QED) is 0.634. The Kier molecular flexibility index (Phi) is 2.23. The summed E-state index contributed by atoms with van der Waals surface area (Å²) in [5.74, 6) is 0. The summed E-state index contributed by atoms with van der Waals surface area (Å²) in [6.07, 6.45) is 2.86. The van der Waals surface area contributed by atoms with E-state index in [1.807, 2.05) is 6.08 Å². The molecule has 0 bridgehead atoms. The molecule has 1 aliphatic rings. The van der Waals surface area contributed by atoms with Gasteiger partial charge in [-0.3, -0.25) is 0 Å². The van der Waals surface area contributed by atoms with E-state index in [4.69, 9.17) is 4.74 Å². The summed E-state index contributed by atoms with van der Waals surface area (Å²) >= 11 is 0. The van der Waals surface area contributed by atoms with Crippen LogP contribution >= 0.6 is 0 Å². The van der Waals surface area contributed by atoms with Crippen molar-refractivity contribution >= 4 is 0 Å². The van der Waals surface area contributed by atoms with Crippen LogP contribution in [0.1, 0.15) is 31.9 Å². The Morgan fingerprint density at radius 2 is 1.93 bits per heavy atom. The highest BCUT2D eigenvalue weighted by Gasteiger charge is 2.38. The van der Waals surface area contributed by atoms with Crippen LogP contribution in [0, 0.1) is 0 Å². The van der Waals surface area contributed by atoms with Crippen molar-refractivity contribution in [3.05, 3.63) is 48.0 Å². The Morgan fingerprint density at radius 3 is 2.60 bits per heavy atom. The maximum Gasteiger partial charge on any atom is 0.109 e. The molecule has 0 amide bonds. The van der Waals surface area contributed by atoms with E-state index in [0.717, 1.165) is 6.42 Å². The first-order valence-electron chi connectivity index (χ1n) is 5.39. The van der Waals surface area contributed by atoms with Crippen molar-refractivity contribution in [2.24, 2.45) is 0 Å². The molecule has 0 N–H and O–H groups in total.